The van der Waals surface area contributed by atoms with Gasteiger partial charge < -0.3 is 15.7 Å². The van der Waals surface area contributed by atoms with Gasteiger partial charge in [0, 0.05) is 24.3 Å². The Hall–Kier alpha value is -2.04. The van der Waals surface area contributed by atoms with Crippen LogP contribution >= 0.6 is 11.6 Å². The average molecular weight is 333 g/mol. The number of carbonyl (C=O) groups is 1. The normalized spacial score (nSPS) is 11.7. The Labute approximate surface area is 141 Å². The van der Waals surface area contributed by atoms with Crippen LogP contribution in [0.5, 0.6) is 0 Å². The van der Waals surface area contributed by atoms with E-state index < -0.39 is 6.10 Å². The molecular weight excluding hydrogens is 312 g/mol. The van der Waals surface area contributed by atoms with Crippen molar-refractivity contribution in [2.45, 2.75) is 18.9 Å². The van der Waals surface area contributed by atoms with E-state index in [-0.39, 0.29) is 11.8 Å². The van der Waals surface area contributed by atoms with Gasteiger partial charge in [-0.15, -0.1) is 11.6 Å². The first kappa shape index (κ1) is 17.3. The third-order valence-electron chi connectivity index (χ3n) is 3.35. The number of nitrogens with one attached hydrogen (secondary N) is 2. The molecule has 0 aromatic heterocycles. The first-order valence-electron chi connectivity index (χ1n) is 7.59. The zero-order valence-electron chi connectivity index (χ0n) is 12.8. The fourth-order valence-electron chi connectivity index (χ4n) is 2.12. The molecule has 5 heteroatoms. The number of aryl methyl sites for hydroxylation is 1. The van der Waals surface area contributed by atoms with E-state index >= 15 is 0 Å². The van der Waals surface area contributed by atoms with Gasteiger partial charge in [-0.2, -0.15) is 0 Å². The molecule has 2 rings (SSSR count). The van der Waals surface area contributed by atoms with E-state index in [2.05, 4.69) is 10.6 Å². The predicted octanol–water partition coefficient (Wildman–Crippen LogP) is 3.27. The summed E-state index contributed by atoms with van der Waals surface area (Å²) in [5.41, 5.74) is 2.71. The minimum Gasteiger partial charge on any atom is -0.390 e. The highest BCUT2D eigenvalue weighted by Crippen LogP contribution is 2.15. The molecule has 1 amide bonds. The van der Waals surface area contributed by atoms with Crippen LogP contribution in [-0.2, 0) is 11.2 Å². The molecule has 0 saturated heterocycles. The van der Waals surface area contributed by atoms with Crippen LogP contribution in [0.1, 0.15) is 12.0 Å². The number of aliphatic hydroxyl groups excluding tert-OH is 1. The summed E-state index contributed by atoms with van der Waals surface area (Å²) < 4.78 is 0. The van der Waals surface area contributed by atoms with E-state index in [9.17, 15) is 9.90 Å². The van der Waals surface area contributed by atoms with Crippen LogP contribution in [0.15, 0.2) is 54.6 Å². The van der Waals surface area contributed by atoms with E-state index in [4.69, 9.17) is 11.6 Å². The molecule has 3 N–H and O–H groups in total. The Morgan fingerprint density at radius 3 is 2.57 bits per heavy atom. The second-order valence-corrected chi connectivity index (χ2v) is 5.61. The van der Waals surface area contributed by atoms with Crippen LogP contribution in [-0.4, -0.2) is 29.5 Å². The summed E-state index contributed by atoms with van der Waals surface area (Å²) in [5, 5.41) is 15.4. The number of carbonyl (C=O) groups excluding carboxylic acids is 1. The second-order valence-electron chi connectivity index (χ2n) is 5.30. The summed E-state index contributed by atoms with van der Waals surface area (Å²) in [6.45, 7) is 0.370. The first-order valence-corrected chi connectivity index (χ1v) is 8.12. The van der Waals surface area contributed by atoms with E-state index in [1.165, 1.54) is 0 Å². The number of hydrogen-bond donors (Lipinski definition) is 3. The highest BCUT2D eigenvalue weighted by Gasteiger charge is 2.05. The molecule has 0 aliphatic rings. The molecule has 0 aliphatic carbocycles. The van der Waals surface area contributed by atoms with Crippen molar-refractivity contribution in [3.05, 3.63) is 60.2 Å². The lowest BCUT2D eigenvalue weighted by molar-refractivity contribution is -0.116. The SMILES string of the molecule is O=C(CCc1ccccc1)Nc1cccc(NCC(O)CCl)c1. The second kappa shape index (κ2) is 9.18. The summed E-state index contributed by atoms with van der Waals surface area (Å²) in [4.78, 5) is 12.0. The van der Waals surface area contributed by atoms with Crippen molar-refractivity contribution in [3.8, 4) is 0 Å². The van der Waals surface area contributed by atoms with Crippen molar-refractivity contribution in [3.63, 3.8) is 0 Å². The van der Waals surface area contributed by atoms with Crippen molar-refractivity contribution in [1.82, 2.24) is 0 Å². The molecule has 0 bridgehead atoms. The van der Waals surface area contributed by atoms with Crippen LogP contribution in [0.2, 0.25) is 0 Å². The maximum Gasteiger partial charge on any atom is 0.224 e. The summed E-state index contributed by atoms with van der Waals surface area (Å²) in [7, 11) is 0. The van der Waals surface area contributed by atoms with Gasteiger partial charge in [0.2, 0.25) is 5.91 Å². The lowest BCUT2D eigenvalue weighted by Crippen LogP contribution is -2.20. The maximum absolute atomic E-state index is 12.0. The zero-order valence-corrected chi connectivity index (χ0v) is 13.6. The Morgan fingerprint density at radius 1 is 1.09 bits per heavy atom. The molecule has 0 spiro atoms. The highest BCUT2D eigenvalue weighted by atomic mass is 35.5. The molecule has 0 saturated carbocycles. The van der Waals surface area contributed by atoms with Crippen LogP contribution in [0.4, 0.5) is 11.4 Å². The van der Waals surface area contributed by atoms with E-state index in [0.717, 1.165) is 16.9 Å². The van der Waals surface area contributed by atoms with Crippen molar-refractivity contribution >= 4 is 28.9 Å². The number of halogens is 1. The Morgan fingerprint density at radius 2 is 1.83 bits per heavy atom. The largest absolute Gasteiger partial charge is 0.390 e. The van der Waals surface area contributed by atoms with Gasteiger partial charge in [-0.25, -0.2) is 0 Å². The molecule has 23 heavy (non-hydrogen) atoms. The van der Waals surface area contributed by atoms with Gasteiger partial charge in [-0.05, 0) is 30.2 Å². The van der Waals surface area contributed by atoms with Crippen LogP contribution in [0.25, 0.3) is 0 Å². The molecule has 1 atom stereocenters. The van der Waals surface area contributed by atoms with Gasteiger partial charge in [-0.1, -0.05) is 36.4 Å². The number of amides is 1. The Balaban J connectivity index is 1.83. The summed E-state index contributed by atoms with van der Waals surface area (Å²) in [6.07, 6.45) is 0.555. The van der Waals surface area contributed by atoms with E-state index in [1.807, 2.05) is 54.6 Å². The molecule has 4 nitrogen and oxygen atoms in total. The molecule has 0 heterocycles. The van der Waals surface area contributed by atoms with Crippen molar-refractivity contribution in [2.75, 3.05) is 23.1 Å². The monoisotopic (exact) mass is 332 g/mol. The average Bonchev–Trinajstić information content (AvgIpc) is 2.59. The first-order chi connectivity index (χ1) is 11.2. The molecule has 122 valence electrons. The molecule has 1 unspecified atom stereocenters. The fourth-order valence-corrected chi connectivity index (χ4v) is 2.23. The lowest BCUT2D eigenvalue weighted by Gasteiger charge is -2.11. The molecule has 0 aliphatic heterocycles. The van der Waals surface area contributed by atoms with Crippen molar-refractivity contribution < 1.29 is 9.90 Å². The van der Waals surface area contributed by atoms with Crippen LogP contribution < -0.4 is 10.6 Å². The van der Waals surface area contributed by atoms with Gasteiger partial charge in [0.15, 0.2) is 0 Å². The van der Waals surface area contributed by atoms with Crippen LogP contribution in [0, 0.1) is 0 Å². The predicted molar refractivity (Wildman–Crippen MR) is 95.1 cm³/mol. The zero-order chi connectivity index (χ0) is 16.5. The number of benzene rings is 2. The van der Waals surface area contributed by atoms with Gasteiger partial charge in [0.05, 0.1) is 12.0 Å². The smallest absolute Gasteiger partial charge is 0.224 e. The summed E-state index contributed by atoms with van der Waals surface area (Å²) in [6, 6.07) is 17.3. The van der Waals surface area contributed by atoms with Gasteiger partial charge >= 0.3 is 0 Å². The minimum atomic E-state index is -0.596. The number of anilines is 2. The standard InChI is InChI=1S/C18H21ClN2O2/c19-12-17(22)13-20-15-7-4-8-16(11-15)21-18(23)10-9-14-5-2-1-3-6-14/h1-8,11,17,20,22H,9-10,12-13H2,(H,21,23). The minimum absolute atomic E-state index is 0.0215. The number of aliphatic hydroxyl groups is 1. The molecule has 2 aromatic carbocycles. The quantitative estimate of drug-likeness (QED) is 0.650. The number of hydrogen-bond acceptors (Lipinski definition) is 3. The molecule has 0 fully saturated rings. The van der Waals surface area contributed by atoms with E-state index in [1.54, 1.807) is 0 Å². The summed E-state index contributed by atoms with van der Waals surface area (Å²) in [5.74, 6) is 0.162. The molecular formula is C18H21ClN2O2. The van der Waals surface area contributed by atoms with Gasteiger partial charge in [0.1, 0.15) is 0 Å². The van der Waals surface area contributed by atoms with Gasteiger partial charge in [0.25, 0.3) is 0 Å². The highest BCUT2D eigenvalue weighted by molar-refractivity contribution is 6.18. The fraction of sp³-hybridized carbons (Fsp3) is 0.278. The van der Waals surface area contributed by atoms with Crippen molar-refractivity contribution in [2.24, 2.45) is 0 Å². The molecule has 0 radical (unpaired) electrons. The number of alkyl halides is 1. The van der Waals surface area contributed by atoms with E-state index in [0.29, 0.717) is 19.4 Å². The molecule has 2 aromatic rings. The lowest BCUT2D eigenvalue weighted by atomic mass is 10.1. The summed E-state index contributed by atoms with van der Waals surface area (Å²) >= 11 is 5.56. The number of rotatable bonds is 8. The topological polar surface area (TPSA) is 61.4 Å². The third-order valence-corrected chi connectivity index (χ3v) is 3.71. The maximum atomic E-state index is 12.0. The Bertz CT molecular complexity index is 619. The van der Waals surface area contributed by atoms with Crippen molar-refractivity contribution in [1.29, 1.82) is 0 Å². The van der Waals surface area contributed by atoms with Crippen LogP contribution in [0.3, 0.4) is 0 Å². The third kappa shape index (κ3) is 6.30. The van der Waals surface area contributed by atoms with Gasteiger partial charge in [-0.3, -0.25) is 4.79 Å². The Kier molecular flexibility index (Phi) is 6.91.